The zero-order valence-electron chi connectivity index (χ0n) is 16.1. The van der Waals surface area contributed by atoms with Crippen molar-refractivity contribution < 1.29 is 18.0 Å². The molecule has 1 fully saturated rings. The van der Waals surface area contributed by atoms with Crippen LogP contribution in [0.15, 0.2) is 53.4 Å². The van der Waals surface area contributed by atoms with Gasteiger partial charge in [-0.15, -0.1) is 0 Å². The number of hydrogen-bond acceptors (Lipinski definition) is 4. The summed E-state index contributed by atoms with van der Waals surface area (Å²) in [6, 6.07) is 12.7. The standard InChI is InChI=1S/C20H22ClN3O4S/c1-13(2)23-29(27,28)16-9-7-15(8-10-16)22-20(26)14-11-19(25)24(12-14)18-6-4-3-5-17(18)21/h3-10,13-14,23H,11-12H2,1-2H3,(H,22,26). The first kappa shape index (κ1) is 21.3. The lowest BCUT2D eigenvalue weighted by Crippen LogP contribution is -2.30. The Kier molecular flexibility index (Phi) is 6.26. The SMILES string of the molecule is CC(C)NS(=O)(=O)c1ccc(NC(=O)C2CC(=O)N(c3ccccc3Cl)C2)cc1. The summed E-state index contributed by atoms with van der Waals surface area (Å²) in [4.78, 5) is 26.6. The fourth-order valence-corrected chi connectivity index (χ4v) is 4.62. The number of halogens is 1. The summed E-state index contributed by atoms with van der Waals surface area (Å²) in [6.07, 6.45) is 0.0851. The summed E-state index contributed by atoms with van der Waals surface area (Å²) in [5.74, 6) is -0.993. The molecule has 2 amide bonds. The molecule has 2 N–H and O–H groups in total. The second-order valence-corrected chi connectivity index (χ2v) is 9.27. The average molecular weight is 436 g/mol. The molecule has 2 aromatic rings. The van der Waals surface area contributed by atoms with Gasteiger partial charge in [0, 0.05) is 24.7 Å². The van der Waals surface area contributed by atoms with E-state index in [-0.39, 0.29) is 35.7 Å². The van der Waals surface area contributed by atoms with Gasteiger partial charge in [0.05, 0.1) is 21.5 Å². The molecule has 3 rings (SSSR count). The van der Waals surface area contributed by atoms with Gasteiger partial charge in [0.25, 0.3) is 0 Å². The van der Waals surface area contributed by atoms with Gasteiger partial charge in [0.15, 0.2) is 0 Å². The molecule has 0 spiro atoms. The number of hydrogen-bond donors (Lipinski definition) is 2. The van der Waals surface area contributed by atoms with Crippen molar-refractivity contribution in [1.29, 1.82) is 0 Å². The van der Waals surface area contributed by atoms with Crippen molar-refractivity contribution in [2.45, 2.75) is 31.2 Å². The Morgan fingerprint density at radius 1 is 1.14 bits per heavy atom. The van der Waals surface area contributed by atoms with Gasteiger partial charge in [-0.2, -0.15) is 0 Å². The molecule has 1 heterocycles. The van der Waals surface area contributed by atoms with Crippen LogP contribution in [0, 0.1) is 5.92 Å². The Morgan fingerprint density at radius 3 is 2.41 bits per heavy atom. The quantitative estimate of drug-likeness (QED) is 0.729. The van der Waals surface area contributed by atoms with Gasteiger partial charge in [-0.3, -0.25) is 9.59 Å². The van der Waals surface area contributed by atoms with Gasteiger partial charge in [-0.05, 0) is 50.2 Å². The van der Waals surface area contributed by atoms with E-state index < -0.39 is 15.9 Å². The van der Waals surface area contributed by atoms with Crippen LogP contribution >= 0.6 is 11.6 Å². The molecular formula is C20H22ClN3O4S. The minimum absolute atomic E-state index is 0.0851. The fraction of sp³-hybridized carbons (Fsp3) is 0.300. The Morgan fingerprint density at radius 2 is 1.79 bits per heavy atom. The number of nitrogens with one attached hydrogen (secondary N) is 2. The van der Waals surface area contributed by atoms with Crippen LogP contribution in [0.2, 0.25) is 5.02 Å². The van der Waals surface area contributed by atoms with Crippen LogP contribution < -0.4 is 14.9 Å². The van der Waals surface area contributed by atoms with E-state index in [0.717, 1.165) is 0 Å². The third-order valence-corrected chi connectivity index (χ3v) is 6.46. The summed E-state index contributed by atoms with van der Waals surface area (Å²) in [5.41, 5.74) is 1.05. The number of sulfonamides is 1. The van der Waals surface area contributed by atoms with E-state index in [1.807, 2.05) is 0 Å². The first-order chi connectivity index (χ1) is 13.7. The maximum atomic E-state index is 12.6. The van der Waals surface area contributed by atoms with E-state index in [2.05, 4.69) is 10.0 Å². The smallest absolute Gasteiger partial charge is 0.240 e. The molecule has 0 radical (unpaired) electrons. The second kappa shape index (κ2) is 8.52. The van der Waals surface area contributed by atoms with E-state index in [4.69, 9.17) is 11.6 Å². The van der Waals surface area contributed by atoms with Crippen molar-refractivity contribution in [3.05, 3.63) is 53.6 Å². The molecule has 1 aliphatic heterocycles. The Hall–Kier alpha value is -2.42. The van der Waals surface area contributed by atoms with E-state index >= 15 is 0 Å². The lowest BCUT2D eigenvalue weighted by molar-refractivity contribution is -0.122. The molecule has 9 heteroatoms. The predicted molar refractivity (Wildman–Crippen MR) is 112 cm³/mol. The molecule has 1 unspecified atom stereocenters. The number of benzene rings is 2. The minimum Gasteiger partial charge on any atom is -0.326 e. The predicted octanol–water partition coefficient (Wildman–Crippen LogP) is 3.02. The fourth-order valence-electron chi connectivity index (χ4n) is 3.13. The molecule has 1 saturated heterocycles. The molecule has 2 aromatic carbocycles. The number of nitrogens with zero attached hydrogens (tertiary/aromatic N) is 1. The molecule has 0 saturated carbocycles. The number of carbonyl (C=O) groups excluding carboxylic acids is 2. The van der Waals surface area contributed by atoms with Gasteiger partial charge in [-0.1, -0.05) is 23.7 Å². The van der Waals surface area contributed by atoms with Gasteiger partial charge in [-0.25, -0.2) is 13.1 Å². The number of para-hydroxylation sites is 1. The molecule has 1 atom stereocenters. The van der Waals surface area contributed by atoms with Crippen LogP contribution in [-0.4, -0.2) is 32.8 Å². The van der Waals surface area contributed by atoms with E-state index in [1.165, 1.54) is 29.2 Å². The topological polar surface area (TPSA) is 95.6 Å². The number of rotatable bonds is 6. The van der Waals surface area contributed by atoms with E-state index in [1.54, 1.807) is 38.1 Å². The molecule has 0 aliphatic carbocycles. The monoisotopic (exact) mass is 435 g/mol. The van der Waals surface area contributed by atoms with Crippen LogP contribution in [0.4, 0.5) is 11.4 Å². The van der Waals surface area contributed by atoms with Gasteiger partial charge >= 0.3 is 0 Å². The number of carbonyl (C=O) groups is 2. The molecule has 0 bridgehead atoms. The maximum Gasteiger partial charge on any atom is 0.240 e. The summed E-state index contributed by atoms with van der Waals surface area (Å²) < 4.78 is 26.8. The Bertz CT molecular complexity index is 1020. The van der Waals surface area contributed by atoms with Crippen molar-refractivity contribution in [2.75, 3.05) is 16.8 Å². The molecular weight excluding hydrogens is 414 g/mol. The van der Waals surface area contributed by atoms with Gasteiger partial charge < -0.3 is 10.2 Å². The van der Waals surface area contributed by atoms with Crippen LogP contribution in [0.3, 0.4) is 0 Å². The second-order valence-electron chi connectivity index (χ2n) is 7.15. The van der Waals surface area contributed by atoms with Crippen LogP contribution in [-0.2, 0) is 19.6 Å². The van der Waals surface area contributed by atoms with Gasteiger partial charge in [0.1, 0.15) is 0 Å². The zero-order valence-corrected chi connectivity index (χ0v) is 17.6. The first-order valence-corrected chi connectivity index (χ1v) is 11.0. The average Bonchev–Trinajstić information content (AvgIpc) is 3.03. The Balaban J connectivity index is 1.67. The van der Waals surface area contributed by atoms with Crippen molar-refractivity contribution in [3.8, 4) is 0 Å². The van der Waals surface area contributed by atoms with E-state index in [9.17, 15) is 18.0 Å². The lowest BCUT2D eigenvalue weighted by Gasteiger charge is -2.18. The number of anilines is 2. The highest BCUT2D eigenvalue weighted by Gasteiger charge is 2.35. The van der Waals surface area contributed by atoms with E-state index in [0.29, 0.717) is 16.4 Å². The van der Waals surface area contributed by atoms with Crippen LogP contribution in [0.1, 0.15) is 20.3 Å². The molecule has 7 nitrogen and oxygen atoms in total. The molecule has 0 aromatic heterocycles. The highest BCUT2D eigenvalue weighted by atomic mass is 35.5. The highest BCUT2D eigenvalue weighted by molar-refractivity contribution is 7.89. The number of amides is 2. The maximum absolute atomic E-state index is 12.6. The third-order valence-electron chi connectivity index (χ3n) is 4.46. The van der Waals surface area contributed by atoms with Crippen molar-refractivity contribution in [2.24, 2.45) is 5.92 Å². The van der Waals surface area contributed by atoms with Crippen LogP contribution in [0.5, 0.6) is 0 Å². The minimum atomic E-state index is -3.60. The largest absolute Gasteiger partial charge is 0.326 e. The molecule has 29 heavy (non-hydrogen) atoms. The third kappa shape index (κ3) is 4.95. The first-order valence-electron chi connectivity index (χ1n) is 9.15. The van der Waals surface area contributed by atoms with Crippen molar-refractivity contribution >= 4 is 44.8 Å². The molecule has 1 aliphatic rings. The highest BCUT2D eigenvalue weighted by Crippen LogP contribution is 2.31. The summed E-state index contributed by atoms with van der Waals surface area (Å²) >= 11 is 6.16. The summed E-state index contributed by atoms with van der Waals surface area (Å²) in [6.45, 7) is 3.71. The normalized spacial score (nSPS) is 17.0. The van der Waals surface area contributed by atoms with Crippen LogP contribution in [0.25, 0.3) is 0 Å². The van der Waals surface area contributed by atoms with Crippen molar-refractivity contribution in [3.63, 3.8) is 0 Å². The summed E-state index contributed by atoms with van der Waals surface area (Å²) in [7, 11) is -3.60. The van der Waals surface area contributed by atoms with Gasteiger partial charge in [0.2, 0.25) is 21.8 Å². The summed E-state index contributed by atoms with van der Waals surface area (Å²) in [5, 5.41) is 3.20. The molecule has 154 valence electrons. The lowest BCUT2D eigenvalue weighted by atomic mass is 10.1. The van der Waals surface area contributed by atoms with Crippen molar-refractivity contribution in [1.82, 2.24) is 4.72 Å². The Labute approximate surface area is 175 Å². The zero-order chi connectivity index (χ0) is 21.2.